The van der Waals surface area contributed by atoms with E-state index in [4.69, 9.17) is 20.9 Å². The van der Waals surface area contributed by atoms with E-state index in [2.05, 4.69) is 43.8 Å². The molecule has 0 fully saturated rings. The van der Waals surface area contributed by atoms with Gasteiger partial charge in [0.1, 0.15) is 12.1 Å². The van der Waals surface area contributed by atoms with Gasteiger partial charge in [-0.05, 0) is 133 Å². The van der Waals surface area contributed by atoms with Crippen LogP contribution < -0.4 is 43.4 Å². The first-order chi connectivity index (χ1) is 29.7. The zero-order valence-electron chi connectivity index (χ0n) is 40.1. The Morgan fingerprint density at radius 2 is 1.30 bits per heavy atom. The number of primary amides is 2. The van der Waals surface area contributed by atoms with Crippen LogP contribution in [-0.4, -0.2) is 106 Å². The fraction of sp³-hybridized carbons (Fsp3) is 0.778. The van der Waals surface area contributed by atoms with E-state index in [9.17, 15) is 33.6 Å². The fourth-order valence-corrected chi connectivity index (χ4v) is 8.00. The van der Waals surface area contributed by atoms with E-state index < -0.39 is 58.0 Å². The van der Waals surface area contributed by atoms with Gasteiger partial charge in [-0.1, -0.05) is 6.92 Å². The van der Waals surface area contributed by atoms with Gasteiger partial charge < -0.3 is 52.8 Å². The predicted octanol–water partition coefficient (Wildman–Crippen LogP) is 3.57. The smallest absolute Gasteiger partial charge is 0.248 e. The lowest BCUT2D eigenvalue weighted by Crippen LogP contribution is -2.52. The third-order valence-electron chi connectivity index (χ3n) is 11.1. The summed E-state index contributed by atoms with van der Waals surface area (Å²) in [7, 11) is 0. The van der Waals surface area contributed by atoms with Crippen molar-refractivity contribution in [2.24, 2.45) is 11.5 Å². The topological polar surface area (TPSA) is 275 Å². The van der Waals surface area contributed by atoms with Gasteiger partial charge in [0.2, 0.25) is 41.4 Å². The number of fused-ring (bicyclic) bond motifs is 1. The molecule has 0 unspecified atom stereocenters. The summed E-state index contributed by atoms with van der Waals surface area (Å²) in [6.45, 7) is 20.6. The van der Waals surface area contributed by atoms with E-state index in [1.165, 1.54) is 11.3 Å². The van der Waals surface area contributed by atoms with Crippen molar-refractivity contribution < 1.29 is 43.0 Å². The van der Waals surface area contributed by atoms with Crippen LogP contribution >= 0.6 is 11.3 Å². The first kappa shape index (κ1) is 55.9. The molecule has 0 saturated heterocycles. The van der Waals surface area contributed by atoms with Gasteiger partial charge in [-0.15, -0.1) is 11.3 Å². The van der Waals surface area contributed by atoms with Crippen molar-refractivity contribution in [2.45, 2.75) is 206 Å². The molecule has 0 spiro atoms. The van der Waals surface area contributed by atoms with Crippen LogP contribution in [0.4, 0.5) is 5.13 Å². The Balaban J connectivity index is 1.73. The third kappa shape index (κ3) is 23.1. The normalized spacial score (nSPS) is 15.3. The number of hydrogen-bond acceptors (Lipinski definition) is 12. The molecule has 1 aliphatic carbocycles. The van der Waals surface area contributed by atoms with Gasteiger partial charge in [0.15, 0.2) is 5.13 Å². The first-order valence-corrected chi connectivity index (χ1v) is 23.6. The van der Waals surface area contributed by atoms with Crippen LogP contribution in [0.5, 0.6) is 0 Å². The number of nitrogens with two attached hydrogens (primary N) is 2. The van der Waals surface area contributed by atoms with E-state index in [1.807, 2.05) is 55.4 Å². The number of carbonyl (C=O) groups excluding carboxylic acids is 7. The van der Waals surface area contributed by atoms with Crippen LogP contribution in [0.3, 0.4) is 0 Å². The number of carbonyl (C=O) groups is 7. The monoisotopic (exact) mass is 922 g/mol. The van der Waals surface area contributed by atoms with Gasteiger partial charge in [-0.2, -0.15) is 0 Å². The number of ether oxygens (including phenoxy) is 2. The van der Waals surface area contributed by atoms with Gasteiger partial charge in [-0.25, -0.2) is 4.98 Å². The van der Waals surface area contributed by atoms with Crippen LogP contribution in [0, 0.1) is 0 Å². The minimum absolute atomic E-state index is 0.00625. The number of aryl methyl sites for hydroxylation is 1. The SMILES string of the molecule is CCCN[C@H]1CCc2nc(NC(=O)[C@H](CCC(N)=O)NC(=O)CCCC(=O)N[C@@H](C)C(=O)NC(C)(C)CCOC(C)(C)CCC(=O)NC(C)(C)CCOC(C)(C)CCC(N)=O)sc2C1. The molecule has 364 valence electrons. The third-order valence-corrected chi connectivity index (χ3v) is 12.1. The van der Waals surface area contributed by atoms with Crippen molar-refractivity contribution in [2.75, 3.05) is 25.1 Å². The minimum Gasteiger partial charge on any atom is -0.375 e. The second-order valence-electron chi connectivity index (χ2n) is 19.5. The number of thiazole rings is 1. The summed E-state index contributed by atoms with van der Waals surface area (Å²) in [5.74, 6) is -2.85. The molecule has 19 heteroatoms. The van der Waals surface area contributed by atoms with E-state index in [1.54, 1.807) is 6.92 Å². The van der Waals surface area contributed by atoms with Crippen LogP contribution in [-0.2, 0) is 55.9 Å². The van der Waals surface area contributed by atoms with Crippen LogP contribution in [0.1, 0.15) is 163 Å². The maximum absolute atomic E-state index is 13.2. The fourth-order valence-electron chi connectivity index (χ4n) is 6.91. The summed E-state index contributed by atoms with van der Waals surface area (Å²) in [5, 5.41) is 18.2. The molecule has 3 atom stereocenters. The quantitative estimate of drug-likeness (QED) is 0.0533. The van der Waals surface area contributed by atoms with Gasteiger partial charge in [0.25, 0.3) is 0 Å². The summed E-state index contributed by atoms with van der Waals surface area (Å²) in [4.78, 5) is 93.2. The molecule has 0 aromatic carbocycles. The summed E-state index contributed by atoms with van der Waals surface area (Å²) < 4.78 is 12.1. The minimum atomic E-state index is -1.03. The highest BCUT2D eigenvalue weighted by Crippen LogP contribution is 2.30. The Bertz CT molecular complexity index is 1730. The number of anilines is 1. The highest BCUT2D eigenvalue weighted by Gasteiger charge is 2.30. The van der Waals surface area contributed by atoms with Crippen LogP contribution in [0.2, 0.25) is 0 Å². The zero-order valence-corrected chi connectivity index (χ0v) is 41.0. The maximum atomic E-state index is 13.2. The van der Waals surface area contributed by atoms with E-state index in [0.29, 0.717) is 50.1 Å². The Kier molecular flexibility index (Phi) is 22.8. The van der Waals surface area contributed by atoms with E-state index >= 15 is 0 Å². The summed E-state index contributed by atoms with van der Waals surface area (Å²) in [6.07, 6.45) is 6.16. The number of hydrogen-bond donors (Lipinski definition) is 8. The molecule has 10 N–H and O–H groups in total. The molecule has 0 aliphatic heterocycles. The molecule has 1 heterocycles. The molecule has 0 radical (unpaired) electrons. The Hall–Kier alpha value is -4.20. The van der Waals surface area contributed by atoms with Crippen molar-refractivity contribution in [3.05, 3.63) is 10.6 Å². The number of nitrogens with one attached hydrogen (secondary N) is 6. The maximum Gasteiger partial charge on any atom is 0.248 e. The van der Waals surface area contributed by atoms with Crippen molar-refractivity contribution in [3.63, 3.8) is 0 Å². The van der Waals surface area contributed by atoms with Crippen molar-refractivity contribution >= 4 is 57.8 Å². The molecule has 1 aromatic heterocycles. The Labute approximate surface area is 384 Å². The highest BCUT2D eigenvalue weighted by molar-refractivity contribution is 7.15. The molecule has 2 rings (SSSR count). The summed E-state index contributed by atoms with van der Waals surface area (Å²) in [5.41, 5.74) is 9.28. The number of nitrogens with zero attached hydrogens (tertiary/aromatic N) is 1. The second kappa shape index (κ2) is 26.1. The molecular formula is C45H79N9O9S. The Morgan fingerprint density at radius 3 is 1.88 bits per heavy atom. The predicted molar refractivity (Wildman–Crippen MR) is 248 cm³/mol. The van der Waals surface area contributed by atoms with Gasteiger partial charge in [0.05, 0.1) is 16.9 Å². The Morgan fingerprint density at radius 1 is 0.734 bits per heavy atom. The average molecular weight is 922 g/mol. The van der Waals surface area contributed by atoms with E-state index in [-0.39, 0.29) is 62.7 Å². The largest absolute Gasteiger partial charge is 0.375 e. The number of rotatable bonds is 31. The average Bonchev–Trinajstić information content (AvgIpc) is 3.57. The van der Waals surface area contributed by atoms with Crippen molar-refractivity contribution in [1.29, 1.82) is 0 Å². The van der Waals surface area contributed by atoms with Crippen molar-refractivity contribution in [3.8, 4) is 0 Å². The number of amides is 7. The van der Waals surface area contributed by atoms with Gasteiger partial charge in [-0.3, -0.25) is 33.6 Å². The lowest BCUT2D eigenvalue weighted by molar-refractivity contribution is -0.130. The zero-order chi connectivity index (χ0) is 48.3. The van der Waals surface area contributed by atoms with Crippen LogP contribution in [0.15, 0.2) is 0 Å². The molecule has 1 aromatic rings. The molecule has 64 heavy (non-hydrogen) atoms. The van der Waals surface area contributed by atoms with Crippen LogP contribution in [0.25, 0.3) is 0 Å². The standard InChI is InChI=1S/C45H79N9O9S/c1-11-25-48-30-15-16-31-33(28-30)64-41(51-31)52-40(61)32(17-18-34(46)55)50-37(58)14-12-13-36(57)49-29(2)39(60)54-43(5,6)24-27-63-45(9,10)22-20-38(59)53-42(3,4)23-26-62-44(7,8)21-19-35(47)56/h29-30,32,48H,11-28H2,1-10H3,(H2,46,55)(H2,47,56)(H,49,57)(H,50,58)(H,53,59)(H,54,60)(H,51,52,61)/t29-,30-,32-/m0/s1. The van der Waals surface area contributed by atoms with Gasteiger partial charge >= 0.3 is 0 Å². The lowest BCUT2D eigenvalue weighted by atomic mass is 9.97. The molecule has 1 aliphatic rings. The van der Waals surface area contributed by atoms with Gasteiger partial charge in [0, 0.05) is 67.3 Å². The molecule has 0 bridgehead atoms. The van der Waals surface area contributed by atoms with E-state index in [0.717, 1.165) is 42.8 Å². The molecule has 0 saturated carbocycles. The molecule has 7 amide bonds. The number of aromatic nitrogens is 1. The second-order valence-corrected chi connectivity index (χ2v) is 20.6. The summed E-state index contributed by atoms with van der Waals surface area (Å²) in [6, 6.07) is -1.51. The first-order valence-electron chi connectivity index (χ1n) is 22.8. The van der Waals surface area contributed by atoms with Crippen molar-refractivity contribution in [1.82, 2.24) is 31.6 Å². The molecule has 18 nitrogen and oxygen atoms in total. The summed E-state index contributed by atoms with van der Waals surface area (Å²) >= 11 is 1.41. The molecular weight excluding hydrogens is 843 g/mol. The lowest BCUT2D eigenvalue weighted by Gasteiger charge is -2.32. The highest BCUT2D eigenvalue weighted by atomic mass is 32.1.